The van der Waals surface area contributed by atoms with Gasteiger partial charge in [-0.1, -0.05) is 13.8 Å². The van der Waals surface area contributed by atoms with Gasteiger partial charge in [0.15, 0.2) is 0 Å². The van der Waals surface area contributed by atoms with Crippen LogP contribution < -0.4 is 5.73 Å². The van der Waals surface area contributed by atoms with Crippen molar-refractivity contribution in [3.63, 3.8) is 0 Å². The summed E-state index contributed by atoms with van der Waals surface area (Å²) in [6.07, 6.45) is 3.70. The molecule has 1 aromatic heterocycles. The fourth-order valence-electron chi connectivity index (χ4n) is 1.41. The molecule has 1 aromatic rings. The van der Waals surface area contributed by atoms with Gasteiger partial charge in [0, 0.05) is 25.5 Å². The van der Waals surface area contributed by atoms with Crippen molar-refractivity contribution in [1.29, 1.82) is 0 Å². The van der Waals surface area contributed by atoms with Crippen molar-refractivity contribution in [2.45, 2.75) is 25.8 Å². The Morgan fingerprint density at radius 2 is 2.25 bits per heavy atom. The van der Waals surface area contributed by atoms with Crippen LogP contribution in [0, 0.1) is 5.92 Å². The summed E-state index contributed by atoms with van der Waals surface area (Å²) in [6, 6.07) is 0. The van der Waals surface area contributed by atoms with E-state index in [1.54, 1.807) is 6.20 Å². The molecule has 5 heteroatoms. The van der Waals surface area contributed by atoms with Crippen molar-refractivity contribution >= 4 is 11.6 Å². The largest absolute Gasteiger partial charge is 0.378 e. The number of alkyl halides is 1. The molecule has 16 heavy (non-hydrogen) atoms. The maximum absolute atomic E-state index is 6.28. The fourth-order valence-corrected chi connectivity index (χ4v) is 1.59. The molecule has 1 atom stereocenters. The second-order valence-electron chi connectivity index (χ2n) is 4.03. The summed E-state index contributed by atoms with van der Waals surface area (Å²) in [5, 5.41) is -0.0514. The lowest BCUT2D eigenvalue weighted by Crippen LogP contribution is -2.15. The third-order valence-electron chi connectivity index (χ3n) is 2.32. The predicted octanol–water partition coefficient (Wildman–Crippen LogP) is 1.79. The van der Waals surface area contributed by atoms with Crippen molar-refractivity contribution in [1.82, 2.24) is 9.55 Å². The van der Waals surface area contributed by atoms with E-state index in [4.69, 9.17) is 22.1 Å². The van der Waals surface area contributed by atoms with Gasteiger partial charge in [-0.15, -0.1) is 11.6 Å². The summed E-state index contributed by atoms with van der Waals surface area (Å²) in [5.74, 6) is 1.28. The first kappa shape index (κ1) is 13.5. The van der Waals surface area contributed by atoms with Crippen LogP contribution in [0.5, 0.6) is 0 Å². The van der Waals surface area contributed by atoms with E-state index in [1.165, 1.54) is 0 Å². The number of hydrogen-bond acceptors (Lipinski definition) is 3. The minimum absolute atomic E-state index is 0.0514. The molecule has 0 aliphatic heterocycles. The molecule has 0 saturated carbocycles. The monoisotopic (exact) mass is 245 g/mol. The Bertz CT molecular complexity index is 301. The fraction of sp³-hybridized carbons (Fsp3) is 0.727. The molecule has 0 amide bonds. The summed E-state index contributed by atoms with van der Waals surface area (Å²) in [5.41, 5.74) is 5.34. The van der Waals surface area contributed by atoms with Crippen molar-refractivity contribution in [3.05, 3.63) is 18.2 Å². The van der Waals surface area contributed by atoms with Crippen LogP contribution in [0.15, 0.2) is 12.4 Å². The molecule has 0 fully saturated rings. The number of ether oxygens (including phenoxy) is 1. The van der Waals surface area contributed by atoms with E-state index in [0.717, 1.165) is 12.4 Å². The van der Waals surface area contributed by atoms with E-state index in [2.05, 4.69) is 18.8 Å². The number of aromatic nitrogens is 2. The molecule has 0 aliphatic rings. The third-order valence-corrected chi connectivity index (χ3v) is 3.02. The van der Waals surface area contributed by atoms with Crippen LogP contribution in [0.4, 0.5) is 0 Å². The highest BCUT2D eigenvalue weighted by atomic mass is 35.5. The molecule has 0 aliphatic carbocycles. The predicted molar refractivity (Wildman–Crippen MR) is 65.5 cm³/mol. The van der Waals surface area contributed by atoms with Crippen molar-refractivity contribution < 1.29 is 4.74 Å². The molecule has 0 bridgehead atoms. The maximum Gasteiger partial charge on any atom is 0.127 e. The highest BCUT2D eigenvalue weighted by molar-refractivity contribution is 6.20. The first-order chi connectivity index (χ1) is 7.66. The molecule has 1 unspecified atom stereocenters. The van der Waals surface area contributed by atoms with Gasteiger partial charge in [-0.2, -0.15) is 0 Å². The standard InChI is InChI=1S/C11H20ClN3O/c1-9(2)10(12)11-14-4-5-15(11)6-8-16-7-3-13/h4-5,9-10H,3,6-8,13H2,1-2H3. The van der Waals surface area contributed by atoms with Crippen LogP contribution >= 0.6 is 11.6 Å². The van der Waals surface area contributed by atoms with E-state index >= 15 is 0 Å². The molecule has 92 valence electrons. The Hall–Kier alpha value is -0.580. The molecular weight excluding hydrogens is 226 g/mol. The van der Waals surface area contributed by atoms with Crippen molar-refractivity contribution in [2.75, 3.05) is 19.8 Å². The van der Waals surface area contributed by atoms with Crippen LogP contribution in [-0.2, 0) is 11.3 Å². The number of hydrogen-bond donors (Lipinski definition) is 1. The first-order valence-electron chi connectivity index (χ1n) is 5.59. The van der Waals surface area contributed by atoms with E-state index in [0.29, 0.717) is 25.7 Å². The molecule has 0 radical (unpaired) electrons. The van der Waals surface area contributed by atoms with Crippen LogP contribution in [0.25, 0.3) is 0 Å². The molecule has 0 aromatic carbocycles. The molecular formula is C11H20ClN3O. The zero-order valence-electron chi connectivity index (χ0n) is 9.90. The summed E-state index contributed by atoms with van der Waals surface area (Å²) >= 11 is 6.28. The van der Waals surface area contributed by atoms with Crippen LogP contribution in [0.1, 0.15) is 25.0 Å². The smallest absolute Gasteiger partial charge is 0.127 e. The molecule has 2 N–H and O–H groups in total. The van der Waals surface area contributed by atoms with Crippen LogP contribution in [-0.4, -0.2) is 29.3 Å². The number of rotatable bonds is 7. The molecule has 1 heterocycles. The lowest BCUT2D eigenvalue weighted by atomic mass is 10.1. The Kier molecular flexibility index (Phi) is 5.80. The Balaban J connectivity index is 2.50. The zero-order chi connectivity index (χ0) is 12.0. The van der Waals surface area contributed by atoms with Gasteiger partial charge in [-0.05, 0) is 5.92 Å². The topological polar surface area (TPSA) is 53.1 Å². The number of halogens is 1. The van der Waals surface area contributed by atoms with E-state index in [-0.39, 0.29) is 5.38 Å². The van der Waals surface area contributed by atoms with Gasteiger partial charge in [0.1, 0.15) is 5.82 Å². The Labute approximate surface area is 102 Å². The molecule has 0 spiro atoms. The minimum Gasteiger partial charge on any atom is -0.378 e. The van der Waals surface area contributed by atoms with Gasteiger partial charge < -0.3 is 15.0 Å². The summed E-state index contributed by atoms with van der Waals surface area (Å²) in [4.78, 5) is 4.29. The highest BCUT2D eigenvalue weighted by Crippen LogP contribution is 2.26. The zero-order valence-corrected chi connectivity index (χ0v) is 10.7. The third kappa shape index (κ3) is 3.77. The normalized spacial score (nSPS) is 13.3. The lowest BCUT2D eigenvalue weighted by Gasteiger charge is -2.15. The molecule has 4 nitrogen and oxygen atoms in total. The van der Waals surface area contributed by atoms with Gasteiger partial charge in [0.2, 0.25) is 0 Å². The van der Waals surface area contributed by atoms with Crippen LogP contribution in [0.2, 0.25) is 0 Å². The second kappa shape index (κ2) is 6.89. The quantitative estimate of drug-likeness (QED) is 0.589. The number of nitrogens with two attached hydrogens (primary N) is 1. The van der Waals surface area contributed by atoms with Crippen molar-refractivity contribution in [2.24, 2.45) is 11.7 Å². The maximum atomic E-state index is 6.28. The van der Waals surface area contributed by atoms with Gasteiger partial charge in [0.05, 0.1) is 18.6 Å². The van der Waals surface area contributed by atoms with Gasteiger partial charge in [-0.3, -0.25) is 0 Å². The lowest BCUT2D eigenvalue weighted by molar-refractivity contribution is 0.132. The average Bonchev–Trinajstić information content (AvgIpc) is 2.71. The van der Waals surface area contributed by atoms with E-state index in [1.807, 2.05) is 10.8 Å². The SMILES string of the molecule is CC(C)C(Cl)c1nccn1CCOCCN. The first-order valence-corrected chi connectivity index (χ1v) is 6.03. The average molecular weight is 246 g/mol. The van der Waals surface area contributed by atoms with Crippen molar-refractivity contribution in [3.8, 4) is 0 Å². The van der Waals surface area contributed by atoms with Gasteiger partial charge >= 0.3 is 0 Å². The molecule has 0 saturated heterocycles. The summed E-state index contributed by atoms with van der Waals surface area (Å²) < 4.78 is 7.37. The summed E-state index contributed by atoms with van der Waals surface area (Å²) in [6.45, 7) is 6.73. The van der Waals surface area contributed by atoms with Gasteiger partial charge in [-0.25, -0.2) is 4.98 Å². The summed E-state index contributed by atoms with van der Waals surface area (Å²) in [7, 11) is 0. The second-order valence-corrected chi connectivity index (χ2v) is 4.50. The number of nitrogens with zero attached hydrogens (tertiary/aromatic N) is 2. The minimum atomic E-state index is -0.0514. The van der Waals surface area contributed by atoms with Crippen LogP contribution in [0.3, 0.4) is 0 Å². The Morgan fingerprint density at radius 1 is 1.50 bits per heavy atom. The Morgan fingerprint density at radius 3 is 2.88 bits per heavy atom. The highest BCUT2D eigenvalue weighted by Gasteiger charge is 2.17. The number of imidazole rings is 1. The van der Waals surface area contributed by atoms with Gasteiger partial charge in [0.25, 0.3) is 0 Å². The molecule has 1 rings (SSSR count). The van der Waals surface area contributed by atoms with E-state index < -0.39 is 0 Å². The van der Waals surface area contributed by atoms with E-state index in [9.17, 15) is 0 Å².